The molecule has 0 aromatic heterocycles. The van der Waals surface area contributed by atoms with Crippen molar-refractivity contribution < 1.29 is 24.5 Å². The van der Waals surface area contributed by atoms with Gasteiger partial charge in [0.2, 0.25) is 5.91 Å². The van der Waals surface area contributed by atoms with E-state index in [2.05, 4.69) is 5.32 Å². The van der Waals surface area contributed by atoms with Crippen LogP contribution in [0.5, 0.6) is 0 Å². The number of hydrogen-bond donors (Lipinski definition) is 3. The van der Waals surface area contributed by atoms with Crippen molar-refractivity contribution in [3.05, 3.63) is 0 Å². The van der Waals surface area contributed by atoms with Crippen LogP contribution in [0.25, 0.3) is 0 Å². The molecule has 0 bridgehead atoms. The number of ether oxygens (including phenoxy) is 2. The second-order valence-electron chi connectivity index (χ2n) is 4.51. The zero-order valence-electron chi connectivity index (χ0n) is 11.4. The lowest BCUT2D eigenvalue weighted by molar-refractivity contribution is -0.183. The van der Waals surface area contributed by atoms with Crippen LogP contribution in [-0.4, -0.2) is 55.4 Å². The highest BCUT2D eigenvalue weighted by Gasteiger charge is 2.26. The molecule has 0 spiro atoms. The van der Waals surface area contributed by atoms with Crippen LogP contribution in [0.2, 0.25) is 0 Å². The molecule has 0 saturated carbocycles. The minimum absolute atomic E-state index is 0.0766. The molecule has 1 unspecified atom stereocenters. The first kappa shape index (κ1) is 17.3. The van der Waals surface area contributed by atoms with Crippen LogP contribution in [0.3, 0.4) is 0 Å². The van der Waals surface area contributed by atoms with E-state index in [9.17, 15) is 15.0 Å². The van der Waals surface area contributed by atoms with Gasteiger partial charge in [0.15, 0.2) is 5.79 Å². The monoisotopic (exact) mass is 263 g/mol. The van der Waals surface area contributed by atoms with E-state index in [1.165, 1.54) is 6.92 Å². The van der Waals surface area contributed by atoms with Crippen molar-refractivity contribution in [2.24, 2.45) is 5.92 Å². The molecule has 108 valence electrons. The summed E-state index contributed by atoms with van der Waals surface area (Å²) < 4.78 is 10.1. The second kappa shape index (κ2) is 9.27. The number of amides is 1. The first-order valence-corrected chi connectivity index (χ1v) is 6.16. The van der Waals surface area contributed by atoms with Gasteiger partial charge in [0.1, 0.15) is 0 Å². The minimum atomic E-state index is -1.83. The molecule has 0 saturated heterocycles. The molecule has 3 N–H and O–H groups in total. The van der Waals surface area contributed by atoms with Gasteiger partial charge in [-0.25, -0.2) is 0 Å². The van der Waals surface area contributed by atoms with Crippen molar-refractivity contribution in [2.45, 2.75) is 32.5 Å². The predicted octanol–water partition coefficient (Wildman–Crippen LogP) is -0.117. The van der Waals surface area contributed by atoms with Gasteiger partial charge in [0.25, 0.3) is 0 Å². The average molecular weight is 263 g/mol. The smallest absolute Gasteiger partial charge is 0.220 e. The average Bonchev–Trinajstić information content (AvgIpc) is 2.26. The lowest BCUT2D eigenvalue weighted by atomic mass is 9.98. The molecule has 18 heavy (non-hydrogen) atoms. The highest BCUT2D eigenvalue weighted by atomic mass is 16.5. The molecular weight excluding hydrogens is 238 g/mol. The van der Waals surface area contributed by atoms with Crippen molar-refractivity contribution in [1.82, 2.24) is 5.32 Å². The molecule has 0 aliphatic heterocycles. The lowest BCUT2D eigenvalue weighted by Gasteiger charge is -2.23. The Hall–Kier alpha value is -0.690. The number of aliphatic hydroxyl groups is 2. The van der Waals surface area contributed by atoms with Crippen LogP contribution in [0.15, 0.2) is 0 Å². The fraction of sp³-hybridized carbons (Fsp3) is 0.917. The zero-order valence-corrected chi connectivity index (χ0v) is 11.4. The molecule has 6 nitrogen and oxygen atoms in total. The van der Waals surface area contributed by atoms with E-state index < -0.39 is 11.7 Å². The quantitative estimate of drug-likeness (QED) is 0.378. The van der Waals surface area contributed by atoms with Crippen molar-refractivity contribution >= 4 is 5.91 Å². The van der Waals surface area contributed by atoms with Crippen molar-refractivity contribution in [3.8, 4) is 0 Å². The van der Waals surface area contributed by atoms with Crippen LogP contribution < -0.4 is 5.32 Å². The SMILES string of the molecule is COCCCOCCNC(=O)CC(C)C(C)(O)O. The third-order valence-corrected chi connectivity index (χ3v) is 2.63. The minimum Gasteiger partial charge on any atom is -0.385 e. The fourth-order valence-corrected chi connectivity index (χ4v) is 1.21. The number of rotatable bonds is 10. The van der Waals surface area contributed by atoms with Gasteiger partial charge in [-0.1, -0.05) is 6.92 Å². The molecule has 1 amide bonds. The summed E-state index contributed by atoms with van der Waals surface area (Å²) in [7, 11) is 1.64. The number of nitrogens with one attached hydrogen (secondary N) is 1. The highest BCUT2D eigenvalue weighted by molar-refractivity contribution is 5.76. The van der Waals surface area contributed by atoms with E-state index in [-0.39, 0.29) is 12.3 Å². The molecule has 6 heteroatoms. The molecule has 1 atom stereocenters. The number of hydrogen-bond acceptors (Lipinski definition) is 5. The van der Waals surface area contributed by atoms with E-state index in [1.807, 2.05) is 0 Å². The van der Waals surface area contributed by atoms with Crippen molar-refractivity contribution in [1.29, 1.82) is 0 Å². The van der Waals surface area contributed by atoms with Gasteiger partial charge in [-0.3, -0.25) is 4.79 Å². The van der Waals surface area contributed by atoms with Gasteiger partial charge in [-0.15, -0.1) is 0 Å². The Morgan fingerprint density at radius 2 is 2.00 bits per heavy atom. The summed E-state index contributed by atoms with van der Waals surface area (Å²) in [4.78, 5) is 11.4. The molecule has 0 radical (unpaired) electrons. The summed E-state index contributed by atoms with van der Waals surface area (Å²) in [5, 5.41) is 21.2. The summed E-state index contributed by atoms with van der Waals surface area (Å²) in [5.41, 5.74) is 0. The molecular formula is C12H25NO5. The fourth-order valence-electron chi connectivity index (χ4n) is 1.21. The van der Waals surface area contributed by atoms with Crippen LogP contribution in [-0.2, 0) is 14.3 Å². The summed E-state index contributed by atoms with van der Waals surface area (Å²) >= 11 is 0. The van der Waals surface area contributed by atoms with E-state index >= 15 is 0 Å². The third-order valence-electron chi connectivity index (χ3n) is 2.63. The van der Waals surface area contributed by atoms with E-state index in [0.717, 1.165) is 6.42 Å². The Morgan fingerprint density at radius 1 is 1.33 bits per heavy atom. The maximum Gasteiger partial charge on any atom is 0.220 e. The summed E-state index contributed by atoms with van der Waals surface area (Å²) in [6.45, 7) is 5.01. The lowest BCUT2D eigenvalue weighted by Crippen LogP contribution is -2.37. The van der Waals surface area contributed by atoms with E-state index in [4.69, 9.17) is 9.47 Å². The third kappa shape index (κ3) is 9.35. The molecule has 0 aliphatic rings. The van der Waals surface area contributed by atoms with Crippen LogP contribution >= 0.6 is 0 Å². The Morgan fingerprint density at radius 3 is 2.56 bits per heavy atom. The number of methoxy groups -OCH3 is 1. The molecule has 0 aliphatic carbocycles. The normalized spacial score (nSPS) is 13.4. The second-order valence-corrected chi connectivity index (χ2v) is 4.51. The molecule has 0 aromatic rings. The molecule has 0 aromatic carbocycles. The van der Waals surface area contributed by atoms with Gasteiger partial charge in [0, 0.05) is 39.2 Å². The highest BCUT2D eigenvalue weighted by Crippen LogP contribution is 2.16. The van der Waals surface area contributed by atoms with Gasteiger partial charge >= 0.3 is 0 Å². The first-order valence-electron chi connectivity index (χ1n) is 6.16. The van der Waals surface area contributed by atoms with Crippen LogP contribution in [0, 0.1) is 5.92 Å². The molecule has 0 fully saturated rings. The molecule has 0 rings (SSSR count). The number of carbonyl (C=O) groups excluding carboxylic acids is 1. The maximum absolute atomic E-state index is 11.4. The van der Waals surface area contributed by atoms with Crippen LogP contribution in [0.1, 0.15) is 26.7 Å². The predicted molar refractivity (Wildman–Crippen MR) is 66.9 cm³/mol. The summed E-state index contributed by atoms with van der Waals surface area (Å²) in [6, 6.07) is 0. The zero-order chi connectivity index (χ0) is 14.0. The van der Waals surface area contributed by atoms with Crippen molar-refractivity contribution in [3.63, 3.8) is 0 Å². The van der Waals surface area contributed by atoms with E-state index in [0.29, 0.717) is 26.4 Å². The number of carbonyl (C=O) groups is 1. The summed E-state index contributed by atoms with van der Waals surface area (Å²) in [6.07, 6.45) is 0.905. The first-order chi connectivity index (χ1) is 8.38. The largest absolute Gasteiger partial charge is 0.385 e. The maximum atomic E-state index is 11.4. The standard InChI is InChI=1S/C12H25NO5/c1-10(12(2,15)16)9-11(14)13-5-8-18-7-4-6-17-3/h10,15-16H,4-9H2,1-3H3,(H,13,14). The van der Waals surface area contributed by atoms with Gasteiger partial charge in [-0.2, -0.15) is 0 Å². The van der Waals surface area contributed by atoms with Gasteiger partial charge < -0.3 is 25.0 Å². The van der Waals surface area contributed by atoms with Crippen molar-refractivity contribution in [2.75, 3.05) is 33.5 Å². The Kier molecular flexibility index (Phi) is 8.91. The topological polar surface area (TPSA) is 88.0 Å². The Bertz CT molecular complexity index is 227. The molecule has 0 heterocycles. The Labute approximate surface area is 108 Å². The van der Waals surface area contributed by atoms with Crippen LogP contribution in [0.4, 0.5) is 0 Å². The van der Waals surface area contributed by atoms with E-state index in [1.54, 1.807) is 14.0 Å². The van der Waals surface area contributed by atoms with Gasteiger partial charge in [0.05, 0.1) is 6.61 Å². The van der Waals surface area contributed by atoms with Gasteiger partial charge in [-0.05, 0) is 13.3 Å². The Balaban J connectivity index is 3.48. The summed E-state index contributed by atoms with van der Waals surface area (Å²) in [5.74, 6) is -2.55.